The van der Waals surface area contributed by atoms with Gasteiger partial charge in [0.2, 0.25) is 11.9 Å². The SMILES string of the molecule is COC(=O)[C@H](CCC(=O)CCCCCCC(=O)OC(C)(C)C)NC(=O)c1ccc(N(Cc2cnc3nc(N)[nH]c(=O)c3n2)C(C)=O)cc1. The van der Waals surface area contributed by atoms with Crippen molar-refractivity contribution in [1.29, 1.82) is 0 Å². The van der Waals surface area contributed by atoms with Gasteiger partial charge in [-0.25, -0.2) is 14.8 Å². The first-order valence-electron chi connectivity index (χ1n) is 15.7. The Balaban J connectivity index is 1.53. The van der Waals surface area contributed by atoms with Gasteiger partial charge in [0, 0.05) is 37.4 Å². The lowest BCUT2D eigenvalue weighted by Crippen LogP contribution is -2.41. The fraction of sp³-hybridized carbons (Fsp3) is 0.485. The highest BCUT2D eigenvalue weighted by molar-refractivity contribution is 5.98. The molecule has 1 aromatic carbocycles. The van der Waals surface area contributed by atoms with E-state index in [0.29, 0.717) is 37.1 Å². The normalized spacial score (nSPS) is 11.9. The minimum absolute atomic E-state index is 0.0157. The minimum Gasteiger partial charge on any atom is -0.467 e. The zero-order valence-electron chi connectivity index (χ0n) is 28.0. The van der Waals surface area contributed by atoms with Crippen LogP contribution in [0.4, 0.5) is 11.6 Å². The van der Waals surface area contributed by atoms with Crippen molar-refractivity contribution in [1.82, 2.24) is 25.3 Å². The number of carbonyl (C=O) groups is 5. The lowest BCUT2D eigenvalue weighted by atomic mass is 10.0. The van der Waals surface area contributed by atoms with Crippen LogP contribution in [0.1, 0.15) is 95.1 Å². The summed E-state index contributed by atoms with van der Waals surface area (Å²) in [5.41, 5.74) is 5.52. The maximum atomic E-state index is 13.0. The maximum Gasteiger partial charge on any atom is 0.328 e. The Labute approximate surface area is 278 Å². The Kier molecular flexibility index (Phi) is 13.3. The number of ketones is 1. The van der Waals surface area contributed by atoms with Crippen molar-refractivity contribution in [2.24, 2.45) is 0 Å². The summed E-state index contributed by atoms with van der Waals surface area (Å²) in [6.45, 7) is 6.81. The number of ether oxygens (including phenoxy) is 2. The number of nitrogens with one attached hydrogen (secondary N) is 2. The summed E-state index contributed by atoms with van der Waals surface area (Å²) in [6.07, 6.45) is 5.12. The van der Waals surface area contributed by atoms with Gasteiger partial charge in [-0.1, -0.05) is 12.8 Å². The van der Waals surface area contributed by atoms with Gasteiger partial charge in [-0.3, -0.25) is 29.0 Å². The summed E-state index contributed by atoms with van der Waals surface area (Å²) in [7, 11) is 1.20. The van der Waals surface area contributed by atoms with Gasteiger partial charge < -0.3 is 25.4 Å². The monoisotopic (exact) mass is 665 g/mol. The highest BCUT2D eigenvalue weighted by Gasteiger charge is 2.24. The summed E-state index contributed by atoms with van der Waals surface area (Å²) in [5, 5.41) is 2.63. The molecule has 0 aliphatic heterocycles. The van der Waals surface area contributed by atoms with Gasteiger partial charge in [-0.05, 0) is 64.3 Å². The third kappa shape index (κ3) is 11.5. The third-order valence-corrected chi connectivity index (χ3v) is 7.14. The Morgan fingerprint density at radius 1 is 0.979 bits per heavy atom. The molecule has 0 unspecified atom stereocenters. The number of H-pyrrole nitrogens is 1. The first-order valence-corrected chi connectivity index (χ1v) is 15.7. The van der Waals surface area contributed by atoms with Gasteiger partial charge in [0.15, 0.2) is 11.2 Å². The first-order chi connectivity index (χ1) is 22.7. The predicted octanol–water partition coefficient (Wildman–Crippen LogP) is 3.15. The number of carbonyl (C=O) groups excluding carboxylic acids is 5. The lowest BCUT2D eigenvalue weighted by Gasteiger charge is -2.21. The van der Waals surface area contributed by atoms with Crippen LogP contribution in [0.25, 0.3) is 11.2 Å². The summed E-state index contributed by atoms with van der Waals surface area (Å²) in [4.78, 5) is 90.5. The van der Waals surface area contributed by atoms with Crippen molar-refractivity contribution >= 4 is 52.3 Å². The Bertz CT molecular complexity index is 1680. The first kappa shape index (κ1) is 37.2. The number of unbranched alkanes of at least 4 members (excludes halogenated alkanes) is 3. The molecule has 3 rings (SSSR count). The van der Waals surface area contributed by atoms with Crippen molar-refractivity contribution in [3.63, 3.8) is 0 Å². The van der Waals surface area contributed by atoms with E-state index in [1.165, 1.54) is 37.3 Å². The van der Waals surface area contributed by atoms with E-state index >= 15 is 0 Å². The lowest BCUT2D eigenvalue weighted by molar-refractivity contribution is -0.155. The van der Waals surface area contributed by atoms with Gasteiger partial charge in [-0.15, -0.1) is 0 Å². The van der Waals surface area contributed by atoms with E-state index in [-0.39, 0.29) is 59.7 Å². The topological polar surface area (TPSA) is 217 Å². The van der Waals surface area contributed by atoms with Crippen LogP contribution in [0.2, 0.25) is 0 Å². The Morgan fingerprint density at radius 3 is 2.27 bits per heavy atom. The van der Waals surface area contributed by atoms with Crippen LogP contribution in [-0.4, -0.2) is 68.2 Å². The Hall–Kier alpha value is -5.21. The molecule has 0 fully saturated rings. The molecular weight excluding hydrogens is 622 g/mol. The number of nitrogens with zero attached hydrogens (tertiary/aromatic N) is 4. The minimum atomic E-state index is -1.03. The fourth-order valence-corrected chi connectivity index (χ4v) is 4.79. The van der Waals surface area contributed by atoms with E-state index in [1.807, 2.05) is 20.8 Å². The molecular formula is C33H43N7O8. The summed E-state index contributed by atoms with van der Waals surface area (Å²) in [5.74, 6) is -1.93. The molecule has 0 aliphatic rings. The molecule has 48 heavy (non-hydrogen) atoms. The highest BCUT2D eigenvalue weighted by atomic mass is 16.6. The van der Waals surface area contributed by atoms with Crippen molar-refractivity contribution in [3.8, 4) is 0 Å². The molecule has 0 saturated heterocycles. The van der Waals surface area contributed by atoms with Crippen LogP contribution in [0.5, 0.6) is 0 Å². The number of aromatic nitrogens is 4. The van der Waals surface area contributed by atoms with Crippen LogP contribution >= 0.6 is 0 Å². The van der Waals surface area contributed by atoms with E-state index in [4.69, 9.17) is 15.2 Å². The molecule has 3 aromatic rings. The number of esters is 2. The van der Waals surface area contributed by atoms with Crippen LogP contribution < -0.4 is 21.5 Å². The predicted molar refractivity (Wildman–Crippen MR) is 177 cm³/mol. The van der Waals surface area contributed by atoms with Crippen molar-refractivity contribution in [3.05, 3.63) is 52.1 Å². The molecule has 0 aliphatic carbocycles. The summed E-state index contributed by atoms with van der Waals surface area (Å²) >= 11 is 0. The molecule has 258 valence electrons. The van der Waals surface area contributed by atoms with Crippen molar-refractivity contribution in [2.45, 2.75) is 97.2 Å². The number of nitrogen functional groups attached to an aromatic ring is 1. The molecule has 15 heteroatoms. The van der Waals surface area contributed by atoms with E-state index in [2.05, 4.69) is 25.3 Å². The largest absolute Gasteiger partial charge is 0.467 e. The van der Waals surface area contributed by atoms with Crippen LogP contribution in [-0.2, 0) is 35.2 Å². The molecule has 2 heterocycles. The van der Waals surface area contributed by atoms with Gasteiger partial charge in [0.05, 0.1) is 25.5 Å². The molecule has 1 atom stereocenters. The smallest absolute Gasteiger partial charge is 0.328 e. The number of benzene rings is 1. The summed E-state index contributed by atoms with van der Waals surface area (Å²) in [6, 6.07) is 5.07. The van der Waals surface area contributed by atoms with Crippen molar-refractivity contribution < 1.29 is 33.4 Å². The van der Waals surface area contributed by atoms with Gasteiger partial charge in [0.25, 0.3) is 11.5 Å². The second kappa shape index (κ2) is 17.1. The number of hydrogen-bond acceptors (Lipinski definition) is 12. The number of rotatable bonds is 16. The van der Waals surface area contributed by atoms with Crippen LogP contribution in [0, 0.1) is 0 Å². The molecule has 4 N–H and O–H groups in total. The number of aromatic amines is 1. The van der Waals surface area contributed by atoms with E-state index in [0.717, 1.165) is 12.8 Å². The average molecular weight is 666 g/mol. The molecule has 2 amide bonds. The molecule has 2 aromatic heterocycles. The van der Waals surface area contributed by atoms with Gasteiger partial charge in [-0.2, -0.15) is 4.98 Å². The van der Waals surface area contributed by atoms with E-state index < -0.39 is 29.1 Å². The number of hydrogen-bond donors (Lipinski definition) is 3. The molecule has 0 spiro atoms. The number of nitrogens with two attached hydrogens (primary N) is 1. The van der Waals surface area contributed by atoms with Crippen LogP contribution in [0.15, 0.2) is 35.3 Å². The molecule has 0 radical (unpaired) electrons. The van der Waals surface area contributed by atoms with Gasteiger partial charge in [0.1, 0.15) is 17.4 Å². The standard InChI is InChI=1S/C33H43N7O8/c1-20(41)40(19-22-18-35-28-27(36-22)30(45)39-32(34)38-28)23-14-12-21(13-15-23)29(44)37-25(31(46)47-5)17-16-24(42)10-8-6-7-9-11-26(43)48-33(2,3)4/h12-15,18,25H,6-11,16-17,19H2,1-5H3,(H,37,44)(H3,34,35,38,39,45)/t25-/m0/s1. The van der Waals surface area contributed by atoms with Crippen molar-refractivity contribution in [2.75, 3.05) is 17.7 Å². The number of methoxy groups -OCH3 is 1. The zero-order chi connectivity index (χ0) is 35.4. The fourth-order valence-electron chi connectivity index (χ4n) is 4.79. The maximum absolute atomic E-state index is 13.0. The van der Waals surface area contributed by atoms with E-state index in [9.17, 15) is 28.8 Å². The number of fused-ring (bicyclic) bond motifs is 1. The summed E-state index contributed by atoms with van der Waals surface area (Å²) < 4.78 is 10.1. The highest BCUT2D eigenvalue weighted by Crippen LogP contribution is 2.19. The number of amides is 2. The quantitative estimate of drug-likeness (QED) is 0.149. The number of Topliss-reactive ketones (excluding diaryl/α,β-unsaturated/α-hetero) is 1. The second-order valence-corrected chi connectivity index (χ2v) is 12.3. The average Bonchev–Trinajstić information content (AvgIpc) is 3.02. The molecule has 15 nitrogen and oxygen atoms in total. The zero-order valence-corrected chi connectivity index (χ0v) is 28.0. The van der Waals surface area contributed by atoms with Gasteiger partial charge >= 0.3 is 11.9 Å². The molecule has 0 bridgehead atoms. The number of anilines is 2. The second-order valence-electron chi connectivity index (χ2n) is 12.3. The van der Waals surface area contributed by atoms with Crippen LogP contribution in [0.3, 0.4) is 0 Å². The molecule has 0 saturated carbocycles. The third-order valence-electron chi connectivity index (χ3n) is 7.14. The van der Waals surface area contributed by atoms with E-state index in [1.54, 1.807) is 12.1 Å². The Morgan fingerprint density at radius 2 is 1.65 bits per heavy atom.